The molecule has 0 aliphatic rings. The van der Waals surface area contributed by atoms with Crippen LogP contribution < -0.4 is 5.32 Å². The highest BCUT2D eigenvalue weighted by atomic mass is 35.5. The number of amides is 1. The van der Waals surface area contributed by atoms with Gasteiger partial charge in [0.1, 0.15) is 5.01 Å². The maximum atomic E-state index is 12.4. The van der Waals surface area contributed by atoms with E-state index in [1.165, 1.54) is 11.3 Å². The average Bonchev–Trinajstić information content (AvgIpc) is 3.05. The average molecular weight is 371 g/mol. The molecule has 1 N–H and O–H groups in total. The number of anilines is 1. The van der Waals surface area contributed by atoms with Crippen molar-refractivity contribution in [3.63, 3.8) is 0 Å². The lowest BCUT2D eigenvalue weighted by Gasteiger charge is -2.12. The van der Waals surface area contributed by atoms with E-state index in [4.69, 9.17) is 11.6 Å². The van der Waals surface area contributed by atoms with Crippen LogP contribution in [-0.2, 0) is 17.6 Å². The molecule has 1 amide bonds. The third kappa shape index (κ3) is 4.09. The van der Waals surface area contributed by atoms with Gasteiger partial charge in [-0.2, -0.15) is 0 Å². The Labute approximate surface area is 156 Å². The molecule has 25 heavy (non-hydrogen) atoms. The quantitative estimate of drug-likeness (QED) is 0.642. The second kappa shape index (κ2) is 7.81. The number of para-hydroxylation sites is 1. The monoisotopic (exact) mass is 370 g/mol. The number of halogens is 1. The van der Waals surface area contributed by atoms with Crippen LogP contribution in [0.25, 0.3) is 10.6 Å². The number of aromatic nitrogens is 1. The molecule has 1 aromatic heterocycles. The maximum Gasteiger partial charge on any atom is 0.230 e. The molecule has 0 atom stereocenters. The summed E-state index contributed by atoms with van der Waals surface area (Å²) in [5, 5.41) is 6.45. The number of thiazole rings is 1. The zero-order chi connectivity index (χ0) is 17.8. The molecule has 0 fully saturated rings. The van der Waals surface area contributed by atoms with Crippen LogP contribution in [0.1, 0.15) is 23.7 Å². The van der Waals surface area contributed by atoms with Gasteiger partial charge in [-0.25, -0.2) is 4.98 Å². The molecule has 0 aliphatic carbocycles. The van der Waals surface area contributed by atoms with Crippen molar-refractivity contribution in [1.29, 1.82) is 0 Å². The summed E-state index contributed by atoms with van der Waals surface area (Å²) in [5.41, 5.74) is 4.78. The predicted molar refractivity (Wildman–Crippen MR) is 105 cm³/mol. The Morgan fingerprint density at radius 2 is 2.00 bits per heavy atom. The van der Waals surface area contributed by atoms with E-state index < -0.39 is 0 Å². The fourth-order valence-corrected chi connectivity index (χ4v) is 3.84. The lowest BCUT2D eigenvalue weighted by molar-refractivity contribution is -0.115. The predicted octanol–water partition coefficient (Wildman–Crippen LogP) is 5.52. The van der Waals surface area contributed by atoms with E-state index >= 15 is 0 Å². The number of rotatable bonds is 5. The fraction of sp³-hybridized carbons (Fsp3) is 0.200. The van der Waals surface area contributed by atoms with Crippen LogP contribution in [0.5, 0.6) is 0 Å². The lowest BCUT2D eigenvalue weighted by Crippen LogP contribution is -2.16. The summed E-state index contributed by atoms with van der Waals surface area (Å²) in [6.45, 7) is 4.09. The minimum Gasteiger partial charge on any atom is -0.325 e. The molecule has 0 unspecified atom stereocenters. The summed E-state index contributed by atoms with van der Waals surface area (Å²) in [6.07, 6.45) is 1.13. The largest absolute Gasteiger partial charge is 0.325 e. The molecule has 128 valence electrons. The van der Waals surface area contributed by atoms with E-state index in [0.29, 0.717) is 5.02 Å². The van der Waals surface area contributed by atoms with Gasteiger partial charge in [0.15, 0.2) is 0 Å². The molecule has 0 saturated carbocycles. The van der Waals surface area contributed by atoms with Crippen molar-refractivity contribution >= 4 is 34.5 Å². The first-order valence-electron chi connectivity index (χ1n) is 8.16. The summed E-state index contributed by atoms with van der Waals surface area (Å²) < 4.78 is 0. The third-order valence-corrected chi connectivity index (χ3v) is 5.26. The van der Waals surface area contributed by atoms with Crippen molar-refractivity contribution < 1.29 is 4.79 Å². The number of aryl methyl sites for hydroxylation is 2. The molecular formula is C20H19ClN2OS. The van der Waals surface area contributed by atoms with Crippen molar-refractivity contribution in [2.75, 3.05) is 5.32 Å². The summed E-state index contributed by atoms with van der Waals surface area (Å²) in [7, 11) is 0. The van der Waals surface area contributed by atoms with Crippen molar-refractivity contribution in [3.05, 3.63) is 69.7 Å². The summed E-state index contributed by atoms with van der Waals surface area (Å²) >= 11 is 7.72. The number of hydrogen-bond donors (Lipinski definition) is 1. The van der Waals surface area contributed by atoms with E-state index in [1.54, 1.807) is 0 Å². The third-order valence-electron chi connectivity index (χ3n) is 4.00. The standard InChI is InChI=1S/C20H19ClN2OS/c1-3-14-8-6-7-13(2)19(14)23-18(24)11-15-12-25-20(22-15)16-9-4-5-10-17(16)21/h4-10,12H,3,11H2,1-2H3,(H,23,24). The van der Waals surface area contributed by atoms with E-state index in [-0.39, 0.29) is 12.3 Å². The maximum absolute atomic E-state index is 12.4. The Hall–Kier alpha value is -2.17. The summed E-state index contributed by atoms with van der Waals surface area (Å²) in [6, 6.07) is 13.7. The Bertz CT molecular complexity index is 904. The number of carbonyl (C=O) groups is 1. The molecule has 5 heteroatoms. The van der Waals surface area contributed by atoms with Gasteiger partial charge in [-0.15, -0.1) is 11.3 Å². The van der Waals surface area contributed by atoms with Crippen molar-refractivity contribution in [3.8, 4) is 10.6 Å². The topological polar surface area (TPSA) is 42.0 Å². The highest BCUT2D eigenvalue weighted by molar-refractivity contribution is 7.13. The summed E-state index contributed by atoms with van der Waals surface area (Å²) in [5.74, 6) is -0.0555. The molecule has 3 rings (SSSR count). The van der Waals surface area contributed by atoms with Crippen LogP contribution in [0, 0.1) is 6.92 Å². The van der Waals surface area contributed by atoms with E-state index in [1.807, 2.05) is 54.8 Å². The molecule has 0 saturated heterocycles. The van der Waals surface area contributed by atoms with Gasteiger partial charge in [0.05, 0.1) is 17.1 Å². The zero-order valence-electron chi connectivity index (χ0n) is 14.2. The molecule has 1 heterocycles. The Morgan fingerprint density at radius 3 is 2.76 bits per heavy atom. The van der Waals surface area contributed by atoms with Crippen molar-refractivity contribution in [2.24, 2.45) is 0 Å². The first kappa shape index (κ1) is 17.6. The second-order valence-corrected chi connectivity index (χ2v) is 7.08. The number of nitrogens with one attached hydrogen (secondary N) is 1. The van der Waals surface area contributed by atoms with E-state index in [0.717, 1.165) is 39.5 Å². The minimum absolute atomic E-state index is 0.0555. The number of carbonyl (C=O) groups excluding carboxylic acids is 1. The van der Waals surface area contributed by atoms with Crippen LogP contribution in [0.3, 0.4) is 0 Å². The molecule has 3 nitrogen and oxygen atoms in total. The second-order valence-electron chi connectivity index (χ2n) is 5.81. The highest BCUT2D eigenvalue weighted by Gasteiger charge is 2.13. The van der Waals surface area contributed by atoms with Gasteiger partial charge in [-0.05, 0) is 30.5 Å². The fourth-order valence-electron chi connectivity index (χ4n) is 2.70. The molecular weight excluding hydrogens is 352 g/mol. The number of hydrogen-bond acceptors (Lipinski definition) is 3. The van der Waals surface area contributed by atoms with Crippen LogP contribution in [0.4, 0.5) is 5.69 Å². The van der Waals surface area contributed by atoms with E-state index in [2.05, 4.69) is 17.2 Å². The summed E-state index contributed by atoms with van der Waals surface area (Å²) in [4.78, 5) is 17.0. The minimum atomic E-state index is -0.0555. The SMILES string of the molecule is CCc1cccc(C)c1NC(=O)Cc1csc(-c2ccccc2Cl)n1. The van der Waals surface area contributed by atoms with Gasteiger partial charge in [0.2, 0.25) is 5.91 Å². The van der Waals surface area contributed by atoms with Crippen LogP contribution in [-0.4, -0.2) is 10.9 Å². The van der Waals surface area contributed by atoms with Crippen LogP contribution >= 0.6 is 22.9 Å². The molecule has 0 spiro atoms. The van der Waals surface area contributed by atoms with Gasteiger partial charge in [0.25, 0.3) is 0 Å². The highest BCUT2D eigenvalue weighted by Crippen LogP contribution is 2.30. The number of nitrogens with zero attached hydrogens (tertiary/aromatic N) is 1. The molecule has 0 aliphatic heterocycles. The molecule has 2 aromatic carbocycles. The van der Waals surface area contributed by atoms with Gasteiger partial charge in [-0.3, -0.25) is 4.79 Å². The first-order valence-corrected chi connectivity index (χ1v) is 9.42. The molecule has 3 aromatic rings. The molecule has 0 bridgehead atoms. The number of benzene rings is 2. The Balaban J connectivity index is 1.74. The normalized spacial score (nSPS) is 10.7. The van der Waals surface area contributed by atoms with Crippen molar-refractivity contribution in [1.82, 2.24) is 4.98 Å². The zero-order valence-corrected chi connectivity index (χ0v) is 15.7. The van der Waals surface area contributed by atoms with Crippen LogP contribution in [0.15, 0.2) is 47.8 Å². The Kier molecular flexibility index (Phi) is 5.51. The van der Waals surface area contributed by atoms with Gasteiger partial charge in [-0.1, -0.05) is 54.9 Å². The van der Waals surface area contributed by atoms with Crippen molar-refractivity contribution in [2.45, 2.75) is 26.7 Å². The smallest absolute Gasteiger partial charge is 0.230 e. The first-order chi connectivity index (χ1) is 12.1. The van der Waals surface area contributed by atoms with Gasteiger partial charge in [0, 0.05) is 16.6 Å². The van der Waals surface area contributed by atoms with E-state index in [9.17, 15) is 4.79 Å². The molecule has 0 radical (unpaired) electrons. The van der Waals surface area contributed by atoms with Crippen LogP contribution in [0.2, 0.25) is 5.02 Å². The van der Waals surface area contributed by atoms with Gasteiger partial charge < -0.3 is 5.32 Å². The lowest BCUT2D eigenvalue weighted by atomic mass is 10.1. The Morgan fingerprint density at radius 1 is 1.20 bits per heavy atom. The van der Waals surface area contributed by atoms with Gasteiger partial charge >= 0.3 is 0 Å².